The van der Waals surface area contributed by atoms with Crippen LogP contribution in [-0.4, -0.2) is 32.2 Å². The Kier molecular flexibility index (Phi) is 8.01. The number of ether oxygens (including phenoxy) is 1. The lowest BCUT2D eigenvalue weighted by Crippen LogP contribution is -2.37. The third-order valence-corrected chi connectivity index (χ3v) is 3.75. The van der Waals surface area contributed by atoms with Crippen LogP contribution in [0, 0.1) is 11.8 Å². The molecule has 1 rings (SSSR count). The van der Waals surface area contributed by atoms with Crippen molar-refractivity contribution in [2.45, 2.75) is 45.4 Å². The van der Waals surface area contributed by atoms with Gasteiger partial charge in [-0.1, -0.05) is 19.8 Å². The largest absolute Gasteiger partial charge is 0.381 e. The van der Waals surface area contributed by atoms with Gasteiger partial charge in [-0.3, -0.25) is 4.79 Å². The predicted octanol–water partition coefficient (Wildman–Crippen LogP) is 1.68. The average Bonchev–Trinajstić information content (AvgIpc) is 2.41. The van der Waals surface area contributed by atoms with E-state index in [1.54, 1.807) is 0 Å². The summed E-state index contributed by atoms with van der Waals surface area (Å²) in [5.41, 5.74) is 5.78. The molecule has 0 saturated heterocycles. The molecule has 2 atom stereocenters. The first-order valence-electron chi connectivity index (χ1n) is 7.32. The van der Waals surface area contributed by atoms with Crippen LogP contribution in [0.4, 0.5) is 0 Å². The number of carbonyl (C=O) groups is 1. The summed E-state index contributed by atoms with van der Waals surface area (Å²) in [5.74, 6) is 1.27. The van der Waals surface area contributed by atoms with Gasteiger partial charge in [0.15, 0.2) is 0 Å². The lowest BCUT2D eigenvalue weighted by atomic mass is 9.79. The fourth-order valence-corrected chi connectivity index (χ4v) is 2.61. The molecule has 0 bridgehead atoms. The van der Waals surface area contributed by atoms with Crippen molar-refractivity contribution in [1.29, 1.82) is 0 Å². The Morgan fingerprint density at radius 3 is 2.67 bits per heavy atom. The van der Waals surface area contributed by atoms with E-state index in [9.17, 15) is 4.79 Å². The van der Waals surface area contributed by atoms with E-state index in [4.69, 9.17) is 10.5 Å². The summed E-state index contributed by atoms with van der Waals surface area (Å²) >= 11 is 0. The molecular weight excluding hydrogens is 228 g/mol. The van der Waals surface area contributed by atoms with Crippen LogP contribution >= 0.6 is 0 Å². The Morgan fingerprint density at radius 1 is 1.28 bits per heavy atom. The van der Waals surface area contributed by atoms with Crippen LogP contribution < -0.4 is 11.1 Å². The number of hydrogen-bond acceptors (Lipinski definition) is 3. The van der Waals surface area contributed by atoms with Gasteiger partial charge in [-0.15, -0.1) is 0 Å². The molecule has 1 aliphatic rings. The van der Waals surface area contributed by atoms with E-state index in [-0.39, 0.29) is 5.91 Å². The van der Waals surface area contributed by atoms with E-state index in [2.05, 4.69) is 12.2 Å². The van der Waals surface area contributed by atoms with E-state index in [1.807, 2.05) is 0 Å². The maximum absolute atomic E-state index is 11.6. The molecule has 1 saturated carbocycles. The van der Waals surface area contributed by atoms with Gasteiger partial charge in [0.25, 0.3) is 0 Å². The van der Waals surface area contributed by atoms with E-state index in [0.717, 1.165) is 26.1 Å². The highest BCUT2D eigenvalue weighted by Gasteiger charge is 2.23. The van der Waals surface area contributed by atoms with Gasteiger partial charge in [0, 0.05) is 19.6 Å². The first kappa shape index (κ1) is 15.4. The maximum Gasteiger partial charge on any atom is 0.222 e. The Morgan fingerprint density at radius 2 is 2.00 bits per heavy atom. The summed E-state index contributed by atoms with van der Waals surface area (Å²) in [5, 5.41) is 3.02. The number of hydrogen-bond donors (Lipinski definition) is 2. The fourth-order valence-electron chi connectivity index (χ4n) is 2.61. The van der Waals surface area contributed by atoms with Crippen LogP contribution in [0.2, 0.25) is 0 Å². The van der Waals surface area contributed by atoms with Crippen LogP contribution in [0.5, 0.6) is 0 Å². The Balaban J connectivity index is 2.12. The summed E-state index contributed by atoms with van der Waals surface area (Å²) in [6.45, 7) is 4.88. The summed E-state index contributed by atoms with van der Waals surface area (Å²) in [7, 11) is 0. The molecule has 4 nitrogen and oxygen atoms in total. The molecule has 0 aromatic carbocycles. The minimum Gasteiger partial charge on any atom is -0.381 e. The maximum atomic E-state index is 11.6. The van der Waals surface area contributed by atoms with Gasteiger partial charge in [-0.25, -0.2) is 0 Å². The van der Waals surface area contributed by atoms with E-state index in [1.165, 1.54) is 25.7 Å². The molecule has 1 aliphatic carbocycles. The highest BCUT2D eigenvalue weighted by atomic mass is 16.5. The van der Waals surface area contributed by atoms with Crippen molar-refractivity contribution >= 4 is 5.91 Å². The smallest absolute Gasteiger partial charge is 0.222 e. The second-order valence-corrected chi connectivity index (χ2v) is 5.21. The molecule has 106 valence electrons. The quantitative estimate of drug-likeness (QED) is 0.649. The van der Waals surface area contributed by atoms with Gasteiger partial charge < -0.3 is 15.8 Å². The lowest BCUT2D eigenvalue weighted by molar-refractivity contribution is -0.122. The summed E-state index contributed by atoms with van der Waals surface area (Å²) in [6, 6.07) is 0. The third-order valence-electron chi connectivity index (χ3n) is 3.75. The molecule has 3 N–H and O–H groups in total. The van der Waals surface area contributed by atoms with Gasteiger partial charge in [-0.2, -0.15) is 0 Å². The van der Waals surface area contributed by atoms with Crippen LogP contribution in [0.15, 0.2) is 0 Å². The minimum absolute atomic E-state index is 0.104. The van der Waals surface area contributed by atoms with Crippen molar-refractivity contribution < 1.29 is 9.53 Å². The van der Waals surface area contributed by atoms with Crippen molar-refractivity contribution in [3.8, 4) is 0 Å². The SMILES string of the molecule is CCCOCCC(=O)NCC1CCCCC1CN. The van der Waals surface area contributed by atoms with Crippen molar-refractivity contribution in [3.63, 3.8) is 0 Å². The number of nitrogens with one attached hydrogen (secondary N) is 1. The van der Waals surface area contributed by atoms with Gasteiger partial charge in [0.2, 0.25) is 5.91 Å². The molecule has 1 amide bonds. The molecular formula is C14H28N2O2. The minimum atomic E-state index is 0.104. The zero-order valence-corrected chi connectivity index (χ0v) is 11.6. The second kappa shape index (κ2) is 9.34. The number of carbonyl (C=O) groups excluding carboxylic acids is 1. The van der Waals surface area contributed by atoms with Crippen LogP contribution in [-0.2, 0) is 9.53 Å². The molecule has 0 radical (unpaired) electrons. The molecule has 4 heteroatoms. The summed E-state index contributed by atoms with van der Waals surface area (Å²) < 4.78 is 5.31. The number of amides is 1. The average molecular weight is 256 g/mol. The highest BCUT2D eigenvalue weighted by molar-refractivity contribution is 5.75. The Labute approximate surface area is 111 Å². The molecule has 0 aliphatic heterocycles. The molecule has 1 fully saturated rings. The Hall–Kier alpha value is -0.610. The van der Waals surface area contributed by atoms with Crippen molar-refractivity contribution in [2.75, 3.05) is 26.3 Å². The lowest BCUT2D eigenvalue weighted by Gasteiger charge is -2.30. The monoisotopic (exact) mass is 256 g/mol. The molecule has 2 unspecified atom stereocenters. The summed E-state index contributed by atoms with van der Waals surface area (Å²) in [6.07, 6.45) is 6.46. The third kappa shape index (κ3) is 5.83. The van der Waals surface area contributed by atoms with E-state index >= 15 is 0 Å². The van der Waals surface area contributed by atoms with Crippen molar-refractivity contribution in [2.24, 2.45) is 17.6 Å². The van der Waals surface area contributed by atoms with Gasteiger partial charge >= 0.3 is 0 Å². The molecule has 0 spiro atoms. The fraction of sp³-hybridized carbons (Fsp3) is 0.929. The predicted molar refractivity (Wildman–Crippen MR) is 73.2 cm³/mol. The van der Waals surface area contributed by atoms with Crippen LogP contribution in [0.1, 0.15) is 45.4 Å². The van der Waals surface area contributed by atoms with Gasteiger partial charge in [-0.05, 0) is 37.6 Å². The molecule has 0 aromatic rings. The van der Waals surface area contributed by atoms with Crippen molar-refractivity contribution in [1.82, 2.24) is 5.32 Å². The number of nitrogens with two attached hydrogens (primary N) is 1. The zero-order chi connectivity index (χ0) is 13.2. The van der Waals surface area contributed by atoms with E-state index < -0.39 is 0 Å². The zero-order valence-electron chi connectivity index (χ0n) is 11.6. The highest BCUT2D eigenvalue weighted by Crippen LogP contribution is 2.28. The second-order valence-electron chi connectivity index (χ2n) is 5.21. The normalized spacial score (nSPS) is 23.9. The van der Waals surface area contributed by atoms with Gasteiger partial charge in [0.1, 0.15) is 0 Å². The molecule has 0 heterocycles. The molecule has 18 heavy (non-hydrogen) atoms. The summed E-state index contributed by atoms with van der Waals surface area (Å²) in [4.78, 5) is 11.6. The standard InChI is InChI=1S/C14H28N2O2/c1-2-8-18-9-7-14(17)16-11-13-6-4-3-5-12(13)10-15/h12-13H,2-11,15H2,1H3,(H,16,17). The van der Waals surface area contributed by atoms with Crippen LogP contribution in [0.3, 0.4) is 0 Å². The van der Waals surface area contributed by atoms with E-state index in [0.29, 0.717) is 24.9 Å². The first-order chi connectivity index (χ1) is 8.77. The molecule has 0 aromatic heterocycles. The first-order valence-corrected chi connectivity index (χ1v) is 7.32. The van der Waals surface area contributed by atoms with Crippen LogP contribution in [0.25, 0.3) is 0 Å². The van der Waals surface area contributed by atoms with Crippen molar-refractivity contribution in [3.05, 3.63) is 0 Å². The Bertz CT molecular complexity index is 234. The number of rotatable bonds is 8. The topological polar surface area (TPSA) is 64.3 Å². The van der Waals surface area contributed by atoms with Gasteiger partial charge in [0.05, 0.1) is 6.61 Å².